The summed E-state index contributed by atoms with van der Waals surface area (Å²) in [4.78, 5) is 0. The van der Waals surface area contributed by atoms with Crippen LogP contribution in [-0.2, 0) is 6.54 Å². The highest BCUT2D eigenvalue weighted by molar-refractivity contribution is 5.97. The van der Waals surface area contributed by atoms with Crippen LogP contribution in [0.2, 0.25) is 0 Å². The summed E-state index contributed by atoms with van der Waals surface area (Å²) in [6.07, 6.45) is 2.24. The van der Waals surface area contributed by atoms with Crippen molar-refractivity contribution in [1.82, 2.24) is 5.32 Å². The molecule has 0 bridgehead atoms. The van der Waals surface area contributed by atoms with Gasteiger partial charge in [-0.15, -0.1) is 0 Å². The highest BCUT2D eigenvalue weighted by atomic mass is 19.1. The first-order chi connectivity index (χ1) is 9.42. The molecule has 4 N–H and O–H groups in total. The lowest BCUT2D eigenvalue weighted by molar-refractivity contribution is 0.318. The van der Waals surface area contributed by atoms with Crippen molar-refractivity contribution in [3.05, 3.63) is 35.1 Å². The number of rotatable bonds is 7. The largest absolute Gasteiger partial charge is 0.409 e. The molecule has 0 spiro atoms. The fraction of sp³-hybridized carbons (Fsp3) is 0.533. The van der Waals surface area contributed by atoms with E-state index < -0.39 is 0 Å². The lowest BCUT2D eigenvalue weighted by Gasteiger charge is -2.15. The highest BCUT2D eigenvalue weighted by Crippen LogP contribution is 2.11. The number of hydrogen-bond acceptors (Lipinski definition) is 3. The van der Waals surface area contributed by atoms with E-state index in [9.17, 15) is 4.39 Å². The molecule has 0 saturated carbocycles. The lowest BCUT2D eigenvalue weighted by Crippen LogP contribution is -2.26. The van der Waals surface area contributed by atoms with Gasteiger partial charge in [0.25, 0.3) is 0 Å². The van der Waals surface area contributed by atoms with Crippen LogP contribution in [0.5, 0.6) is 0 Å². The molecule has 0 heterocycles. The van der Waals surface area contributed by atoms with Crippen molar-refractivity contribution in [3.63, 3.8) is 0 Å². The molecule has 112 valence electrons. The van der Waals surface area contributed by atoms with E-state index in [2.05, 4.69) is 31.2 Å². The van der Waals surface area contributed by atoms with E-state index >= 15 is 0 Å². The number of nitrogens with zero attached hydrogens (tertiary/aromatic N) is 1. The van der Waals surface area contributed by atoms with Gasteiger partial charge in [0.1, 0.15) is 5.82 Å². The summed E-state index contributed by atoms with van der Waals surface area (Å²) in [5, 5.41) is 14.9. The van der Waals surface area contributed by atoms with Crippen molar-refractivity contribution in [2.24, 2.45) is 16.8 Å². The molecule has 1 aromatic carbocycles. The minimum Gasteiger partial charge on any atom is -0.409 e. The van der Waals surface area contributed by atoms with Crippen LogP contribution < -0.4 is 11.1 Å². The molecule has 0 aliphatic heterocycles. The Labute approximate surface area is 119 Å². The zero-order chi connectivity index (χ0) is 15.1. The molecule has 5 heteroatoms. The van der Waals surface area contributed by atoms with Crippen LogP contribution in [0.4, 0.5) is 4.39 Å². The molecule has 0 amide bonds. The summed E-state index contributed by atoms with van der Waals surface area (Å²) in [6.45, 7) is 7.07. The van der Waals surface area contributed by atoms with Gasteiger partial charge in [-0.05, 0) is 49.4 Å². The quantitative estimate of drug-likeness (QED) is 0.311. The zero-order valence-corrected chi connectivity index (χ0v) is 12.4. The fourth-order valence-corrected chi connectivity index (χ4v) is 1.94. The number of nitrogens with two attached hydrogens (primary N) is 1. The van der Waals surface area contributed by atoms with Gasteiger partial charge >= 0.3 is 0 Å². The van der Waals surface area contributed by atoms with Crippen molar-refractivity contribution in [3.8, 4) is 0 Å². The molecule has 1 rings (SSSR count). The summed E-state index contributed by atoms with van der Waals surface area (Å²) in [5.41, 5.74) is 6.65. The Balaban J connectivity index is 2.62. The van der Waals surface area contributed by atoms with Crippen LogP contribution in [0.1, 0.15) is 44.7 Å². The van der Waals surface area contributed by atoms with Gasteiger partial charge in [-0.25, -0.2) is 4.39 Å². The average Bonchev–Trinajstić information content (AvgIpc) is 2.41. The van der Waals surface area contributed by atoms with E-state index in [0.29, 0.717) is 24.1 Å². The second-order valence-corrected chi connectivity index (χ2v) is 5.59. The minimum absolute atomic E-state index is 0.0846. The Kier molecular flexibility index (Phi) is 6.45. The first-order valence-corrected chi connectivity index (χ1v) is 6.93. The number of nitrogens with one attached hydrogen (secondary N) is 1. The van der Waals surface area contributed by atoms with Gasteiger partial charge < -0.3 is 16.3 Å². The summed E-state index contributed by atoms with van der Waals surface area (Å²) in [7, 11) is 0. The Hall–Kier alpha value is -1.62. The predicted octanol–water partition coefficient (Wildman–Crippen LogP) is 2.83. The van der Waals surface area contributed by atoms with Crippen molar-refractivity contribution in [1.29, 1.82) is 0 Å². The fourth-order valence-electron chi connectivity index (χ4n) is 1.94. The van der Waals surface area contributed by atoms with Gasteiger partial charge in [0, 0.05) is 18.2 Å². The molecule has 4 nitrogen and oxygen atoms in total. The third-order valence-corrected chi connectivity index (χ3v) is 3.19. The molecule has 0 aliphatic carbocycles. The SMILES string of the molecule is CC(C)CCC(C)NCc1cc(F)cc(/C(N)=N/O)c1. The molecule has 0 radical (unpaired) electrons. The number of hydrogen-bond donors (Lipinski definition) is 3. The molecule has 0 saturated heterocycles. The first-order valence-electron chi connectivity index (χ1n) is 6.93. The molecule has 1 atom stereocenters. The van der Waals surface area contributed by atoms with E-state index in [1.165, 1.54) is 12.1 Å². The second-order valence-electron chi connectivity index (χ2n) is 5.59. The van der Waals surface area contributed by atoms with Gasteiger partial charge in [0.05, 0.1) is 0 Å². The topological polar surface area (TPSA) is 70.6 Å². The minimum atomic E-state index is -0.388. The number of oxime groups is 1. The Morgan fingerprint density at radius 3 is 2.60 bits per heavy atom. The predicted molar refractivity (Wildman–Crippen MR) is 79.3 cm³/mol. The number of benzene rings is 1. The maximum atomic E-state index is 13.5. The molecule has 0 fully saturated rings. The molecule has 0 aliphatic rings. The number of halogens is 1. The van der Waals surface area contributed by atoms with E-state index in [0.717, 1.165) is 18.4 Å². The van der Waals surface area contributed by atoms with Gasteiger partial charge in [-0.1, -0.05) is 19.0 Å². The summed E-state index contributed by atoms with van der Waals surface area (Å²) in [6, 6.07) is 4.80. The molecule has 0 aromatic heterocycles. The van der Waals surface area contributed by atoms with E-state index in [1.54, 1.807) is 6.07 Å². The van der Waals surface area contributed by atoms with Gasteiger partial charge in [-0.2, -0.15) is 0 Å². The van der Waals surface area contributed by atoms with Gasteiger partial charge in [0.15, 0.2) is 5.84 Å². The van der Waals surface area contributed by atoms with Gasteiger partial charge in [0.2, 0.25) is 0 Å². The maximum Gasteiger partial charge on any atom is 0.170 e. The Bertz CT molecular complexity index is 460. The van der Waals surface area contributed by atoms with Gasteiger partial charge in [-0.3, -0.25) is 0 Å². The molecule has 1 aromatic rings. The summed E-state index contributed by atoms with van der Waals surface area (Å²) in [5.74, 6) is 0.208. The first kappa shape index (κ1) is 16.4. The van der Waals surface area contributed by atoms with Crippen LogP contribution >= 0.6 is 0 Å². The normalized spacial score (nSPS) is 13.8. The zero-order valence-electron chi connectivity index (χ0n) is 12.4. The Morgan fingerprint density at radius 1 is 1.30 bits per heavy atom. The van der Waals surface area contributed by atoms with E-state index in [1.807, 2.05) is 0 Å². The van der Waals surface area contributed by atoms with Crippen LogP contribution in [0, 0.1) is 11.7 Å². The molecule has 20 heavy (non-hydrogen) atoms. The maximum absolute atomic E-state index is 13.5. The molecule has 1 unspecified atom stereocenters. The van der Waals surface area contributed by atoms with Crippen LogP contribution in [0.15, 0.2) is 23.4 Å². The third kappa shape index (κ3) is 5.57. The summed E-state index contributed by atoms with van der Waals surface area (Å²) < 4.78 is 13.5. The molecular formula is C15H24FN3O. The Morgan fingerprint density at radius 2 is 2.00 bits per heavy atom. The average molecular weight is 281 g/mol. The van der Waals surface area contributed by atoms with Crippen LogP contribution in [0.3, 0.4) is 0 Å². The lowest BCUT2D eigenvalue weighted by atomic mass is 10.0. The van der Waals surface area contributed by atoms with Crippen LogP contribution in [-0.4, -0.2) is 17.1 Å². The van der Waals surface area contributed by atoms with Crippen molar-refractivity contribution >= 4 is 5.84 Å². The molecular weight excluding hydrogens is 257 g/mol. The van der Waals surface area contributed by atoms with E-state index in [-0.39, 0.29) is 11.7 Å². The second kappa shape index (κ2) is 7.85. The standard InChI is InChI=1S/C15H24FN3O/c1-10(2)4-5-11(3)18-9-12-6-13(15(17)19-20)8-14(16)7-12/h6-8,10-11,18,20H,4-5,9H2,1-3H3,(H2,17,19). The van der Waals surface area contributed by atoms with Crippen molar-refractivity contribution in [2.75, 3.05) is 0 Å². The third-order valence-electron chi connectivity index (χ3n) is 3.19. The number of amidine groups is 1. The monoisotopic (exact) mass is 281 g/mol. The summed E-state index contributed by atoms with van der Waals surface area (Å²) >= 11 is 0. The smallest absolute Gasteiger partial charge is 0.170 e. The van der Waals surface area contributed by atoms with Crippen LogP contribution in [0.25, 0.3) is 0 Å². The van der Waals surface area contributed by atoms with Crippen molar-refractivity contribution < 1.29 is 9.60 Å². The van der Waals surface area contributed by atoms with Crippen molar-refractivity contribution in [2.45, 2.75) is 46.2 Å². The van der Waals surface area contributed by atoms with E-state index in [4.69, 9.17) is 10.9 Å². The highest BCUT2D eigenvalue weighted by Gasteiger charge is 2.07.